The quantitative estimate of drug-likeness (QED) is 0.652. The fraction of sp³-hybridized carbons (Fsp3) is 1.00. The van der Waals surface area contributed by atoms with Crippen LogP contribution < -0.4 is 0 Å². The minimum Gasteiger partial charge on any atom is -0.298 e. The summed E-state index contributed by atoms with van der Waals surface area (Å²) in [5.41, 5.74) is 0.928. The van der Waals surface area contributed by atoms with Gasteiger partial charge in [-0.3, -0.25) is 4.90 Å². The van der Waals surface area contributed by atoms with E-state index in [1.165, 1.54) is 38.8 Å². The van der Waals surface area contributed by atoms with Gasteiger partial charge in [0.1, 0.15) is 0 Å². The Morgan fingerprint density at radius 3 is 2.29 bits per heavy atom. The standard InChI is InChI=1S/C13H27N/c1-12(2,3)9-11-14-10-7-6-8-13(14,4)5/h6-11H2,1-5H3. The van der Waals surface area contributed by atoms with Crippen LogP contribution in [0.15, 0.2) is 0 Å². The Bertz CT molecular complexity index is 176. The number of likely N-dealkylation sites (tertiary alicyclic amines) is 1. The van der Waals surface area contributed by atoms with Crippen molar-refractivity contribution in [3.05, 3.63) is 0 Å². The zero-order valence-corrected chi connectivity index (χ0v) is 10.7. The zero-order chi connectivity index (χ0) is 10.8. The molecule has 0 aromatic heterocycles. The number of hydrogen-bond acceptors (Lipinski definition) is 1. The van der Waals surface area contributed by atoms with Crippen molar-refractivity contribution >= 4 is 0 Å². The van der Waals surface area contributed by atoms with Gasteiger partial charge < -0.3 is 0 Å². The minimum absolute atomic E-state index is 0.448. The Balaban J connectivity index is 2.42. The fourth-order valence-corrected chi connectivity index (χ4v) is 2.21. The molecule has 0 atom stereocenters. The van der Waals surface area contributed by atoms with Crippen molar-refractivity contribution in [3.63, 3.8) is 0 Å². The molecular weight excluding hydrogens is 170 g/mol. The van der Waals surface area contributed by atoms with Crippen molar-refractivity contribution in [2.24, 2.45) is 5.41 Å². The van der Waals surface area contributed by atoms with Crippen LogP contribution in [0, 0.1) is 5.41 Å². The van der Waals surface area contributed by atoms with E-state index in [0.29, 0.717) is 11.0 Å². The second kappa shape index (κ2) is 4.22. The van der Waals surface area contributed by atoms with Gasteiger partial charge in [-0.25, -0.2) is 0 Å². The summed E-state index contributed by atoms with van der Waals surface area (Å²) >= 11 is 0. The minimum atomic E-state index is 0.448. The van der Waals surface area contributed by atoms with E-state index in [-0.39, 0.29) is 0 Å². The first-order chi connectivity index (χ1) is 6.31. The largest absolute Gasteiger partial charge is 0.298 e. The van der Waals surface area contributed by atoms with Gasteiger partial charge in [-0.2, -0.15) is 0 Å². The zero-order valence-electron chi connectivity index (χ0n) is 10.7. The van der Waals surface area contributed by atoms with Crippen LogP contribution in [0.3, 0.4) is 0 Å². The SMILES string of the molecule is CC(C)(C)CCN1CCCCC1(C)C. The average molecular weight is 197 g/mol. The topological polar surface area (TPSA) is 3.24 Å². The lowest BCUT2D eigenvalue weighted by molar-refractivity contribution is 0.0657. The Morgan fingerprint density at radius 2 is 1.79 bits per heavy atom. The molecule has 0 spiro atoms. The van der Waals surface area contributed by atoms with Gasteiger partial charge in [0.15, 0.2) is 0 Å². The van der Waals surface area contributed by atoms with Crippen molar-refractivity contribution in [2.75, 3.05) is 13.1 Å². The lowest BCUT2D eigenvalue weighted by atomic mass is 9.87. The average Bonchev–Trinajstić information content (AvgIpc) is 2.00. The van der Waals surface area contributed by atoms with Crippen LogP contribution in [0.1, 0.15) is 60.3 Å². The van der Waals surface area contributed by atoms with E-state index in [1.54, 1.807) is 0 Å². The highest BCUT2D eigenvalue weighted by atomic mass is 15.2. The third kappa shape index (κ3) is 3.61. The normalized spacial score (nSPS) is 23.8. The molecule has 0 saturated carbocycles. The lowest BCUT2D eigenvalue weighted by Crippen LogP contribution is -2.48. The van der Waals surface area contributed by atoms with E-state index >= 15 is 0 Å². The molecule has 0 N–H and O–H groups in total. The summed E-state index contributed by atoms with van der Waals surface area (Å²) in [6.45, 7) is 14.4. The van der Waals surface area contributed by atoms with E-state index < -0.39 is 0 Å². The van der Waals surface area contributed by atoms with E-state index in [0.717, 1.165) is 0 Å². The maximum atomic E-state index is 2.68. The van der Waals surface area contributed by atoms with Crippen molar-refractivity contribution in [3.8, 4) is 0 Å². The van der Waals surface area contributed by atoms with Crippen molar-refractivity contribution in [1.29, 1.82) is 0 Å². The van der Waals surface area contributed by atoms with Crippen LogP contribution in [-0.2, 0) is 0 Å². The molecule has 1 rings (SSSR count). The van der Waals surface area contributed by atoms with Crippen LogP contribution >= 0.6 is 0 Å². The monoisotopic (exact) mass is 197 g/mol. The Morgan fingerprint density at radius 1 is 1.14 bits per heavy atom. The molecule has 0 aromatic carbocycles. The molecule has 1 saturated heterocycles. The van der Waals surface area contributed by atoms with Gasteiger partial charge >= 0.3 is 0 Å². The lowest BCUT2D eigenvalue weighted by Gasteiger charge is -2.43. The molecule has 0 amide bonds. The highest BCUT2D eigenvalue weighted by molar-refractivity contribution is 4.85. The van der Waals surface area contributed by atoms with Crippen molar-refractivity contribution < 1.29 is 0 Å². The van der Waals surface area contributed by atoms with Gasteiger partial charge in [0.2, 0.25) is 0 Å². The highest BCUT2D eigenvalue weighted by Crippen LogP contribution is 2.29. The molecule has 1 aliphatic heterocycles. The summed E-state index contributed by atoms with van der Waals surface area (Å²) in [7, 11) is 0. The predicted molar refractivity (Wildman–Crippen MR) is 63.6 cm³/mol. The Labute approximate surface area is 89.9 Å². The summed E-state index contributed by atoms with van der Waals surface area (Å²) < 4.78 is 0. The first-order valence-electron chi connectivity index (χ1n) is 6.06. The van der Waals surface area contributed by atoms with Crippen LogP contribution in [0.25, 0.3) is 0 Å². The summed E-state index contributed by atoms with van der Waals surface area (Å²) in [6, 6.07) is 0. The molecule has 0 aromatic rings. The van der Waals surface area contributed by atoms with Gasteiger partial charge in [-0.05, 0) is 51.6 Å². The molecule has 1 aliphatic rings. The van der Waals surface area contributed by atoms with Crippen molar-refractivity contribution in [1.82, 2.24) is 4.90 Å². The van der Waals surface area contributed by atoms with Crippen molar-refractivity contribution in [2.45, 2.75) is 65.8 Å². The Kier molecular flexibility index (Phi) is 3.63. The van der Waals surface area contributed by atoms with Crippen LogP contribution in [0.5, 0.6) is 0 Å². The molecule has 0 bridgehead atoms. The van der Waals surface area contributed by atoms with E-state index in [2.05, 4.69) is 39.5 Å². The highest BCUT2D eigenvalue weighted by Gasteiger charge is 2.29. The number of hydrogen-bond donors (Lipinski definition) is 0. The van der Waals surface area contributed by atoms with Gasteiger partial charge in [-0.15, -0.1) is 0 Å². The van der Waals surface area contributed by atoms with Gasteiger partial charge in [-0.1, -0.05) is 27.2 Å². The maximum absolute atomic E-state index is 2.68. The second-order valence-electron chi connectivity index (χ2n) is 6.57. The summed E-state index contributed by atoms with van der Waals surface area (Å²) in [4.78, 5) is 2.68. The summed E-state index contributed by atoms with van der Waals surface area (Å²) in [5.74, 6) is 0. The van der Waals surface area contributed by atoms with Crippen LogP contribution in [0.4, 0.5) is 0 Å². The molecule has 0 radical (unpaired) electrons. The molecule has 1 heterocycles. The fourth-order valence-electron chi connectivity index (χ4n) is 2.21. The van der Waals surface area contributed by atoms with Gasteiger partial charge in [0.05, 0.1) is 0 Å². The molecule has 1 nitrogen and oxygen atoms in total. The number of rotatable bonds is 2. The molecular formula is C13H27N. The predicted octanol–water partition coefficient (Wildman–Crippen LogP) is 3.69. The third-order valence-electron chi connectivity index (χ3n) is 3.45. The van der Waals surface area contributed by atoms with Gasteiger partial charge in [0.25, 0.3) is 0 Å². The summed E-state index contributed by atoms with van der Waals surface area (Å²) in [5, 5.41) is 0. The smallest absolute Gasteiger partial charge is 0.0153 e. The number of nitrogens with zero attached hydrogens (tertiary/aromatic N) is 1. The molecule has 0 aliphatic carbocycles. The molecule has 1 fully saturated rings. The maximum Gasteiger partial charge on any atom is 0.0153 e. The molecule has 0 unspecified atom stereocenters. The number of piperidine rings is 1. The third-order valence-corrected chi connectivity index (χ3v) is 3.45. The van der Waals surface area contributed by atoms with Crippen LogP contribution in [-0.4, -0.2) is 23.5 Å². The molecule has 14 heavy (non-hydrogen) atoms. The first kappa shape index (κ1) is 12.0. The van der Waals surface area contributed by atoms with Crippen LogP contribution in [0.2, 0.25) is 0 Å². The van der Waals surface area contributed by atoms with E-state index in [9.17, 15) is 0 Å². The van der Waals surface area contributed by atoms with E-state index in [1.807, 2.05) is 0 Å². The summed E-state index contributed by atoms with van der Waals surface area (Å²) in [6.07, 6.45) is 5.50. The van der Waals surface area contributed by atoms with Gasteiger partial charge in [0, 0.05) is 5.54 Å². The molecule has 1 heteroatoms. The second-order valence-corrected chi connectivity index (χ2v) is 6.57. The first-order valence-corrected chi connectivity index (χ1v) is 6.06. The van der Waals surface area contributed by atoms with E-state index in [4.69, 9.17) is 0 Å². The Hall–Kier alpha value is -0.0400. The molecule has 84 valence electrons.